The molecule has 0 N–H and O–H groups in total. The van der Waals surface area contributed by atoms with Gasteiger partial charge < -0.3 is 0 Å². The van der Waals surface area contributed by atoms with Gasteiger partial charge in [-0.1, -0.05) is 12.8 Å². The average molecular weight is 302 g/mol. The zero-order chi connectivity index (χ0) is 14.8. The van der Waals surface area contributed by atoms with Crippen LogP contribution < -0.4 is 0 Å². The minimum absolute atomic E-state index is 0.360. The van der Waals surface area contributed by atoms with Crippen molar-refractivity contribution in [3.63, 3.8) is 0 Å². The summed E-state index contributed by atoms with van der Waals surface area (Å²) < 4.78 is 39.8. The minimum Gasteiger partial charge on any atom is -0.258 e. The van der Waals surface area contributed by atoms with E-state index in [0.717, 1.165) is 37.8 Å². The Bertz CT molecular complexity index is 610. The molecule has 1 heterocycles. The standard InChI is InChI=1S/C12H15FN2O4S/c13-11-9-10(15(16)17)5-6-12(11)20(18,19)14-7-3-1-2-4-8-14/h5-6,9H,1-4,7-8H2. The molecule has 1 saturated heterocycles. The molecule has 110 valence electrons. The number of halogens is 1. The highest BCUT2D eigenvalue weighted by Gasteiger charge is 2.28. The van der Waals surface area contributed by atoms with Crippen LogP contribution in [0.1, 0.15) is 25.7 Å². The maximum absolute atomic E-state index is 13.9. The molecule has 0 amide bonds. The van der Waals surface area contributed by atoms with Gasteiger partial charge in [-0.3, -0.25) is 10.1 Å². The van der Waals surface area contributed by atoms with Gasteiger partial charge in [0.25, 0.3) is 5.69 Å². The molecule has 0 aliphatic carbocycles. The molecule has 20 heavy (non-hydrogen) atoms. The summed E-state index contributed by atoms with van der Waals surface area (Å²) in [7, 11) is -3.92. The predicted molar refractivity (Wildman–Crippen MR) is 70.3 cm³/mol. The lowest BCUT2D eigenvalue weighted by molar-refractivity contribution is -0.385. The number of sulfonamides is 1. The van der Waals surface area contributed by atoms with E-state index < -0.39 is 31.3 Å². The highest BCUT2D eigenvalue weighted by Crippen LogP contribution is 2.25. The Kier molecular flexibility index (Phi) is 4.34. The third kappa shape index (κ3) is 2.96. The van der Waals surface area contributed by atoms with E-state index >= 15 is 0 Å². The van der Waals surface area contributed by atoms with Crippen molar-refractivity contribution in [2.24, 2.45) is 0 Å². The number of hydrogen-bond donors (Lipinski definition) is 0. The molecule has 1 aliphatic rings. The van der Waals surface area contributed by atoms with Gasteiger partial charge in [0.15, 0.2) is 0 Å². The molecule has 6 nitrogen and oxygen atoms in total. The van der Waals surface area contributed by atoms with Gasteiger partial charge in [-0.25, -0.2) is 12.8 Å². The Morgan fingerprint density at radius 2 is 1.75 bits per heavy atom. The monoisotopic (exact) mass is 302 g/mol. The Morgan fingerprint density at radius 1 is 1.15 bits per heavy atom. The summed E-state index contributed by atoms with van der Waals surface area (Å²) in [5.74, 6) is -1.08. The maximum atomic E-state index is 13.9. The van der Waals surface area contributed by atoms with E-state index in [1.165, 1.54) is 4.31 Å². The van der Waals surface area contributed by atoms with Gasteiger partial charge in [0.1, 0.15) is 10.7 Å². The van der Waals surface area contributed by atoms with E-state index in [2.05, 4.69) is 0 Å². The minimum atomic E-state index is -3.92. The summed E-state index contributed by atoms with van der Waals surface area (Å²) in [6, 6.07) is 2.62. The number of nitro benzene ring substituents is 1. The molecule has 8 heteroatoms. The van der Waals surface area contributed by atoms with Crippen LogP contribution >= 0.6 is 0 Å². The van der Waals surface area contributed by atoms with Crippen molar-refractivity contribution in [3.8, 4) is 0 Å². The molecule has 0 bridgehead atoms. The molecule has 0 aromatic heterocycles. The van der Waals surface area contributed by atoms with Gasteiger partial charge in [0.05, 0.1) is 11.0 Å². The number of hydrogen-bond acceptors (Lipinski definition) is 4. The summed E-state index contributed by atoms with van der Waals surface area (Å²) in [6.07, 6.45) is 3.39. The van der Waals surface area contributed by atoms with E-state index in [4.69, 9.17) is 0 Å². The summed E-state index contributed by atoms with van der Waals surface area (Å²) in [4.78, 5) is 9.29. The van der Waals surface area contributed by atoms with Crippen molar-refractivity contribution >= 4 is 15.7 Å². The van der Waals surface area contributed by atoms with Crippen molar-refractivity contribution < 1.29 is 17.7 Å². The van der Waals surface area contributed by atoms with Crippen molar-refractivity contribution in [1.82, 2.24) is 4.31 Å². The summed E-state index contributed by atoms with van der Waals surface area (Å²) in [5.41, 5.74) is -0.461. The number of rotatable bonds is 3. The van der Waals surface area contributed by atoms with Gasteiger partial charge >= 0.3 is 0 Å². The van der Waals surface area contributed by atoms with Crippen LogP contribution in [0.25, 0.3) is 0 Å². The molecule has 0 saturated carbocycles. The molecule has 1 aromatic carbocycles. The fourth-order valence-corrected chi connectivity index (χ4v) is 3.80. The highest BCUT2D eigenvalue weighted by atomic mass is 32.2. The van der Waals surface area contributed by atoms with Crippen LogP contribution in [0.3, 0.4) is 0 Å². The van der Waals surface area contributed by atoms with Gasteiger partial charge in [-0.05, 0) is 18.9 Å². The van der Waals surface area contributed by atoms with Crippen molar-refractivity contribution in [2.45, 2.75) is 30.6 Å². The summed E-state index contributed by atoms with van der Waals surface area (Å²) in [5, 5.41) is 10.5. The maximum Gasteiger partial charge on any atom is 0.272 e. The van der Waals surface area contributed by atoms with Crippen molar-refractivity contribution in [1.29, 1.82) is 0 Å². The molecule has 2 rings (SSSR count). The first-order valence-corrected chi connectivity index (χ1v) is 7.81. The zero-order valence-electron chi connectivity index (χ0n) is 10.8. The molecular weight excluding hydrogens is 287 g/mol. The zero-order valence-corrected chi connectivity index (χ0v) is 11.6. The Morgan fingerprint density at radius 3 is 2.25 bits per heavy atom. The van der Waals surface area contributed by atoms with E-state index in [1.54, 1.807) is 0 Å². The molecule has 0 spiro atoms. The third-order valence-electron chi connectivity index (χ3n) is 3.31. The van der Waals surface area contributed by atoms with Crippen molar-refractivity contribution in [2.75, 3.05) is 13.1 Å². The second-order valence-corrected chi connectivity index (χ2v) is 6.60. The topological polar surface area (TPSA) is 80.5 Å². The molecule has 1 fully saturated rings. The van der Waals surface area contributed by atoms with Gasteiger partial charge in [0.2, 0.25) is 10.0 Å². The molecule has 0 radical (unpaired) electrons. The van der Waals surface area contributed by atoms with Crippen LogP contribution in [0.2, 0.25) is 0 Å². The van der Waals surface area contributed by atoms with Crippen LogP contribution in [0.4, 0.5) is 10.1 Å². The SMILES string of the molecule is O=[N+]([O-])c1ccc(S(=O)(=O)N2CCCCCC2)c(F)c1. The second kappa shape index (κ2) is 5.84. The Hall–Kier alpha value is -1.54. The lowest BCUT2D eigenvalue weighted by Crippen LogP contribution is -2.32. The fourth-order valence-electron chi connectivity index (χ4n) is 2.23. The Labute approximate surface area is 116 Å². The first-order chi connectivity index (χ1) is 9.43. The van der Waals surface area contributed by atoms with Crippen LogP contribution in [0.5, 0.6) is 0 Å². The first-order valence-electron chi connectivity index (χ1n) is 6.37. The van der Waals surface area contributed by atoms with E-state index in [0.29, 0.717) is 19.2 Å². The molecule has 1 aromatic rings. The Balaban J connectivity index is 2.36. The predicted octanol–water partition coefficient (Wildman–Crippen LogP) is 2.30. The molecule has 0 unspecified atom stereocenters. The summed E-state index contributed by atoms with van der Waals surface area (Å²) >= 11 is 0. The first kappa shape index (κ1) is 14.9. The van der Waals surface area contributed by atoms with Crippen LogP contribution in [0.15, 0.2) is 23.1 Å². The highest BCUT2D eigenvalue weighted by molar-refractivity contribution is 7.89. The van der Waals surface area contributed by atoms with E-state index in [9.17, 15) is 22.9 Å². The number of non-ortho nitro benzene ring substituents is 1. The van der Waals surface area contributed by atoms with Gasteiger partial charge in [-0.2, -0.15) is 4.31 Å². The molecule has 1 aliphatic heterocycles. The van der Waals surface area contributed by atoms with Crippen LogP contribution in [-0.2, 0) is 10.0 Å². The number of nitrogens with zero attached hydrogens (tertiary/aromatic N) is 2. The van der Waals surface area contributed by atoms with E-state index in [1.807, 2.05) is 0 Å². The smallest absolute Gasteiger partial charge is 0.258 e. The molecular formula is C12H15FN2O4S. The average Bonchev–Trinajstić information content (AvgIpc) is 2.67. The third-order valence-corrected chi connectivity index (χ3v) is 5.24. The fraction of sp³-hybridized carbons (Fsp3) is 0.500. The largest absolute Gasteiger partial charge is 0.272 e. The van der Waals surface area contributed by atoms with Gasteiger partial charge in [0, 0.05) is 19.2 Å². The number of nitro groups is 1. The lowest BCUT2D eigenvalue weighted by atomic mass is 10.2. The van der Waals surface area contributed by atoms with Crippen LogP contribution in [0, 0.1) is 15.9 Å². The van der Waals surface area contributed by atoms with E-state index in [-0.39, 0.29) is 0 Å². The van der Waals surface area contributed by atoms with Gasteiger partial charge in [-0.15, -0.1) is 0 Å². The molecule has 0 atom stereocenters. The quantitative estimate of drug-likeness (QED) is 0.634. The van der Waals surface area contributed by atoms with Crippen molar-refractivity contribution in [3.05, 3.63) is 34.1 Å². The normalized spacial score (nSPS) is 17.6. The summed E-state index contributed by atoms with van der Waals surface area (Å²) in [6.45, 7) is 0.720. The lowest BCUT2D eigenvalue weighted by Gasteiger charge is -2.20. The second-order valence-electron chi connectivity index (χ2n) is 4.69. The van der Waals surface area contributed by atoms with Crippen LogP contribution in [-0.4, -0.2) is 30.7 Å². The number of benzene rings is 1.